The van der Waals surface area contributed by atoms with Crippen LogP contribution in [0.1, 0.15) is 63.0 Å². The van der Waals surface area contributed by atoms with Crippen LogP contribution in [0.3, 0.4) is 0 Å². The highest BCUT2D eigenvalue weighted by atomic mass is 16.6. The SMILES string of the molecule is CCCc1nn(C)c2c(OCCOc3ccc(CC(OCC)C(=O)OCC)cc3)nc(C3CC3)nc12. The smallest absolute Gasteiger partial charge is 0.335 e. The van der Waals surface area contributed by atoms with Gasteiger partial charge in [-0.3, -0.25) is 4.68 Å². The van der Waals surface area contributed by atoms with Gasteiger partial charge in [0, 0.05) is 26.0 Å². The molecule has 1 aliphatic rings. The zero-order valence-corrected chi connectivity index (χ0v) is 21.7. The monoisotopic (exact) mass is 496 g/mol. The first kappa shape index (κ1) is 25.9. The van der Waals surface area contributed by atoms with Crippen molar-refractivity contribution in [2.75, 3.05) is 26.4 Å². The molecule has 0 saturated heterocycles. The van der Waals surface area contributed by atoms with Gasteiger partial charge in [-0.1, -0.05) is 25.5 Å². The molecular weight excluding hydrogens is 460 g/mol. The van der Waals surface area contributed by atoms with Crippen LogP contribution >= 0.6 is 0 Å². The molecule has 1 aromatic carbocycles. The molecule has 194 valence electrons. The van der Waals surface area contributed by atoms with Crippen LogP contribution in [0.2, 0.25) is 0 Å². The van der Waals surface area contributed by atoms with E-state index in [1.54, 1.807) is 6.92 Å². The number of carbonyl (C=O) groups is 1. The maximum atomic E-state index is 12.1. The average Bonchev–Trinajstić information content (AvgIpc) is 3.67. The Hall–Kier alpha value is -3.20. The topological polar surface area (TPSA) is 97.6 Å². The number of esters is 1. The van der Waals surface area contributed by atoms with Crippen molar-refractivity contribution in [3.05, 3.63) is 41.3 Å². The minimum Gasteiger partial charge on any atom is -0.490 e. The summed E-state index contributed by atoms with van der Waals surface area (Å²) >= 11 is 0. The maximum absolute atomic E-state index is 12.1. The van der Waals surface area contributed by atoms with Crippen LogP contribution in [0, 0.1) is 0 Å². The quantitative estimate of drug-likeness (QED) is 0.242. The first-order valence-corrected chi connectivity index (χ1v) is 12.9. The summed E-state index contributed by atoms with van der Waals surface area (Å²) in [6.07, 6.45) is 3.98. The van der Waals surface area contributed by atoms with Gasteiger partial charge in [-0.05, 0) is 50.8 Å². The fraction of sp³-hybridized carbons (Fsp3) is 0.556. The molecule has 0 amide bonds. The molecule has 4 rings (SSSR count). The van der Waals surface area contributed by atoms with Crippen LogP contribution in [0.15, 0.2) is 24.3 Å². The van der Waals surface area contributed by atoms with E-state index >= 15 is 0 Å². The number of aromatic nitrogens is 4. The molecule has 0 radical (unpaired) electrons. The highest BCUT2D eigenvalue weighted by Crippen LogP contribution is 2.40. The third-order valence-corrected chi connectivity index (χ3v) is 6.02. The van der Waals surface area contributed by atoms with Crippen molar-refractivity contribution in [1.29, 1.82) is 0 Å². The van der Waals surface area contributed by atoms with Crippen molar-refractivity contribution in [3.63, 3.8) is 0 Å². The predicted octanol–water partition coefficient (Wildman–Crippen LogP) is 4.16. The maximum Gasteiger partial charge on any atom is 0.335 e. The number of fused-ring (bicyclic) bond motifs is 1. The molecule has 0 spiro atoms. The Balaban J connectivity index is 1.35. The molecular formula is C27H36N4O5. The Bertz CT molecular complexity index is 1160. The van der Waals surface area contributed by atoms with Gasteiger partial charge in [0.15, 0.2) is 6.10 Å². The summed E-state index contributed by atoms with van der Waals surface area (Å²) in [6, 6.07) is 7.63. The molecule has 9 heteroatoms. The van der Waals surface area contributed by atoms with E-state index in [0.717, 1.165) is 59.5 Å². The summed E-state index contributed by atoms with van der Waals surface area (Å²) in [5.74, 6) is 2.23. The average molecular weight is 497 g/mol. The van der Waals surface area contributed by atoms with E-state index < -0.39 is 6.10 Å². The highest BCUT2D eigenvalue weighted by molar-refractivity contribution is 5.82. The predicted molar refractivity (Wildman–Crippen MR) is 135 cm³/mol. The molecule has 1 aliphatic carbocycles. The Kier molecular flexibility index (Phi) is 8.74. The van der Waals surface area contributed by atoms with Gasteiger partial charge in [-0.25, -0.2) is 9.78 Å². The first-order chi connectivity index (χ1) is 17.5. The molecule has 0 N–H and O–H groups in total. The normalized spacial score (nSPS) is 14.1. The van der Waals surface area contributed by atoms with Crippen molar-refractivity contribution in [1.82, 2.24) is 19.7 Å². The molecule has 36 heavy (non-hydrogen) atoms. The summed E-state index contributed by atoms with van der Waals surface area (Å²) in [5.41, 5.74) is 3.70. The molecule has 1 fully saturated rings. The molecule has 1 atom stereocenters. The second-order valence-electron chi connectivity index (χ2n) is 8.92. The number of aryl methyl sites for hydroxylation is 2. The molecule has 9 nitrogen and oxygen atoms in total. The molecule has 0 bridgehead atoms. The van der Waals surface area contributed by atoms with E-state index in [-0.39, 0.29) is 5.97 Å². The number of rotatable bonds is 14. The lowest BCUT2D eigenvalue weighted by Gasteiger charge is -2.16. The number of ether oxygens (including phenoxy) is 4. The Morgan fingerprint density at radius 3 is 2.47 bits per heavy atom. The van der Waals surface area contributed by atoms with Gasteiger partial charge < -0.3 is 18.9 Å². The zero-order chi connectivity index (χ0) is 25.5. The van der Waals surface area contributed by atoms with E-state index in [2.05, 4.69) is 12.0 Å². The molecule has 1 saturated carbocycles. The molecule has 2 aromatic heterocycles. The lowest BCUT2D eigenvalue weighted by atomic mass is 10.1. The van der Waals surface area contributed by atoms with Crippen LogP contribution in [0.25, 0.3) is 11.0 Å². The van der Waals surface area contributed by atoms with E-state index in [1.807, 2.05) is 42.9 Å². The van der Waals surface area contributed by atoms with Gasteiger partial charge in [-0.2, -0.15) is 10.1 Å². The van der Waals surface area contributed by atoms with Crippen LogP contribution in [0.4, 0.5) is 0 Å². The minimum atomic E-state index is -0.606. The molecule has 1 unspecified atom stereocenters. The minimum absolute atomic E-state index is 0.334. The number of nitrogens with zero attached hydrogens (tertiary/aromatic N) is 4. The van der Waals surface area contributed by atoms with E-state index in [9.17, 15) is 4.79 Å². The van der Waals surface area contributed by atoms with Crippen LogP contribution in [-0.4, -0.2) is 58.2 Å². The number of hydrogen-bond donors (Lipinski definition) is 0. The van der Waals surface area contributed by atoms with E-state index in [0.29, 0.717) is 44.6 Å². The molecule has 0 aliphatic heterocycles. The van der Waals surface area contributed by atoms with Crippen molar-refractivity contribution >= 4 is 17.0 Å². The van der Waals surface area contributed by atoms with Gasteiger partial charge in [0.2, 0.25) is 5.88 Å². The van der Waals surface area contributed by atoms with E-state index in [1.165, 1.54) is 0 Å². The summed E-state index contributed by atoms with van der Waals surface area (Å²) in [6.45, 7) is 7.29. The van der Waals surface area contributed by atoms with Gasteiger partial charge in [0.1, 0.15) is 35.8 Å². The summed E-state index contributed by atoms with van der Waals surface area (Å²) in [4.78, 5) is 21.6. The van der Waals surface area contributed by atoms with Crippen LogP contribution in [-0.2, 0) is 34.2 Å². The molecule has 2 heterocycles. The van der Waals surface area contributed by atoms with Crippen molar-refractivity contribution in [2.24, 2.45) is 7.05 Å². The van der Waals surface area contributed by atoms with Gasteiger partial charge in [-0.15, -0.1) is 0 Å². The first-order valence-electron chi connectivity index (χ1n) is 12.9. The third-order valence-electron chi connectivity index (χ3n) is 6.02. The summed E-state index contributed by atoms with van der Waals surface area (Å²) < 4.78 is 24.4. The standard InChI is InChI=1S/C27H36N4O5/c1-5-8-21-23-24(31(4)30-21)26(29-25(28-23)19-11-12-19)36-16-15-35-20-13-9-18(10-14-20)17-22(33-6-2)27(32)34-7-3/h9-10,13-14,19,22H,5-8,11-12,15-17H2,1-4H3. The highest BCUT2D eigenvalue weighted by Gasteiger charge is 2.29. The molecule has 3 aromatic rings. The Labute approximate surface area is 212 Å². The third kappa shape index (κ3) is 6.32. The summed E-state index contributed by atoms with van der Waals surface area (Å²) in [7, 11) is 1.91. The number of hydrogen-bond acceptors (Lipinski definition) is 8. The lowest BCUT2D eigenvalue weighted by molar-refractivity contribution is -0.156. The van der Waals surface area contributed by atoms with Gasteiger partial charge in [0.05, 0.1) is 12.3 Å². The second kappa shape index (κ2) is 12.2. The summed E-state index contributed by atoms with van der Waals surface area (Å²) in [5, 5.41) is 4.66. The largest absolute Gasteiger partial charge is 0.490 e. The van der Waals surface area contributed by atoms with Crippen LogP contribution in [0.5, 0.6) is 11.6 Å². The van der Waals surface area contributed by atoms with Crippen LogP contribution < -0.4 is 9.47 Å². The van der Waals surface area contributed by atoms with Gasteiger partial charge >= 0.3 is 5.97 Å². The Morgan fingerprint density at radius 2 is 1.81 bits per heavy atom. The van der Waals surface area contributed by atoms with Crippen molar-refractivity contribution in [3.8, 4) is 11.6 Å². The van der Waals surface area contributed by atoms with Crippen molar-refractivity contribution in [2.45, 2.75) is 64.9 Å². The van der Waals surface area contributed by atoms with Gasteiger partial charge in [0.25, 0.3) is 0 Å². The fourth-order valence-electron chi connectivity index (χ4n) is 4.13. The fourth-order valence-corrected chi connectivity index (χ4v) is 4.13. The number of carbonyl (C=O) groups excluding carboxylic acids is 1. The lowest BCUT2D eigenvalue weighted by Crippen LogP contribution is -2.28. The van der Waals surface area contributed by atoms with E-state index in [4.69, 9.17) is 28.9 Å². The Morgan fingerprint density at radius 1 is 1.06 bits per heavy atom. The zero-order valence-electron chi connectivity index (χ0n) is 21.7. The second-order valence-corrected chi connectivity index (χ2v) is 8.92. The van der Waals surface area contributed by atoms with Crippen molar-refractivity contribution < 1.29 is 23.7 Å². The number of benzene rings is 1.